The third kappa shape index (κ3) is 9.88. The van der Waals surface area contributed by atoms with Gasteiger partial charge in [-0.2, -0.15) is 0 Å². The van der Waals surface area contributed by atoms with Crippen molar-refractivity contribution in [3.05, 3.63) is 0 Å². The maximum Gasteiger partial charge on any atom is 0.313 e. The van der Waals surface area contributed by atoms with Crippen LogP contribution in [0.1, 0.15) is 13.3 Å². The number of hydrogen-bond donors (Lipinski definition) is 3. The van der Waals surface area contributed by atoms with Crippen LogP contribution in [0, 0.1) is 0 Å². The number of esters is 1. The van der Waals surface area contributed by atoms with Gasteiger partial charge in [-0.3, -0.25) is 9.59 Å². The average molecular weight is 250 g/mol. The van der Waals surface area contributed by atoms with Gasteiger partial charge in [0.15, 0.2) is 0 Å². The minimum atomic E-state index is -1.03. The summed E-state index contributed by atoms with van der Waals surface area (Å²) < 4.78 is 9.44. The summed E-state index contributed by atoms with van der Waals surface area (Å²) in [4.78, 5) is 21.5. The van der Waals surface area contributed by atoms with Crippen LogP contribution in [0.15, 0.2) is 0 Å². The summed E-state index contributed by atoms with van der Waals surface area (Å²) in [5, 5.41) is 26.7. The van der Waals surface area contributed by atoms with Gasteiger partial charge in [0.25, 0.3) is 0 Å². The highest BCUT2D eigenvalue weighted by Gasteiger charge is 2.11. The molecular weight excluding hydrogens is 232 g/mol. The molecule has 3 N–H and O–H groups in total. The van der Waals surface area contributed by atoms with Gasteiger partial charge in [0.1, 0.15) is 31.0 Å². The van der Waals surface area contributed by atoms with E-state index in [4.69, 9.17) is 14.9 Å². The first-order chi connectivity index (χ1) is 7.95. The Bertz CT molecular complexity index is 241. The third-order valence-electron chi connectivity index (χ3n) is 1.66. The summed E-state index contributed by atoms with van der Waals surface area (Å²) >= 11 is 0. The number of aliphatic hydroxyl groups is 3. The number of carbonyl (C=O) groups is 2. The molecule has 0 fully saturated rings. The molecule has 2 atom stereocenters. The van der Waals surface area contributed by atoms with Crippen molar-refractivity contribution in [2.75, 3.05) is 26.4 Å². The fourth-order valence-electron chi connectivity index (χ4n) is 0.884. The minimum Gasteiger partial charge on any atom is -0.463 e. The van der Waals surface area contributed by atoms with E-state index in [0.29, 0.717) is 0 Å². The van der Waals surface area contributed by atoms with E-state index in [9.17, 15) is 14.7 Å². The number of carbonyl (C=O) groups excluding carboxylic acids is 2. The van der Waals surface area contributed by atoms with Crippen LogP contribution >= 0.6 is 0 Å². The third-order valence-corrected chi connectivity index (χ3v) is 1.66. The summed E-state index contributed by atoms with van der Waals surface area (Å²) in [6, 6.07) is 0. The molecule has 0 spiro atoms. The SMILES string of the molecule is CC(=O)CC(=O)OCC(O)COCC(O)CO. The summed E-state index contributed by atoms with van der Waals surface area (Å²) in [5.74, 6) is -1.02. The van der Waals surface area contributed by atoms with Crippen LogP contribution in [0.3, 0.4) is 0 Å². The molecule has 0 aliphatic heterocycles. The van der Waals surface area contributed by atoms with Crippen LogP contribution in [0.5, 0.6) is 0 Å². The van der Waals surface area contributed by atoms with Gasteiger partial charge in [-0.1, -0.05) is 0 Å². The Morgan fingerprint density at radius 2 is 1.71 bits per heavy atom. The molecule has 7 nitrogen and oxygen atoms in total. The van der Waals surface area contributed by atoms with E-state index >= 15 is 0 Å². The van der Waals surface area contributed by atoms with E-state index in [1.54, 1.807) is 0 Å². The molecule has 7 heteroatoms. The molecule has 100 valence electrons. The highest BCUT2D eigenvalue weighted by Crippen LogP contribution is 1.93. The smallest absolute Gasteiger partial charge is 0.313 e. The molecular formula is C10H18O7. The highest BCUT2D eigenvalue weighted by atomic mass is 16.5. The molecule has 0 rings (SSSR count). The monoisotopic (exact) mass is 250 g/mol. The molecule has 0 bridgehead atoms. The molecule has 0 saturated heterocycles. The van der Waals surface area contributed by atoms with Crippen molar-refractivity contribution in [3.8, 4) is 0 Å². The van der Waals surface area contributed by atoms with Gasteiger partial charge in [-0.15, -0.1) is 0 Å². The molecule has 0 aromatic carbocycles. The topological polar surface area (TPSA) is 113 Å². The van der Waals surface area contributed by atoms with Crippen LogP contribution in [-0.2, 0) is 19.1 Å². The zero-order valence-corrected chi connectivity index (χ0v) is 9.66. The Morgan fingerprint density at radius 1 is 1.12 bits per heavy atom. The Labute approximate surface area is 99.0 Å². The van der Waals surface area contributed by atoms with Gasteiger partial charge >= 0.3 is 5.97 Å². The maximum absolute atomic E-state index is 10.9. The minimum absolute atomic E-state index is 0.116. The molecule has 2 unspecified atom stereocenters. The normalized spacial score (nSPS) is 14.1. The molecule has 17 heavy (non-hydrogen) atoms. The first-order valence-electron chi connectivity index (χ1n) is 5.15. The van der Waals surface area contributed by atoms with E-state index < -0.39 is 24.8 Å². The van der Waals surface area contributed by atoms with Crippen molar-refractivity contribution < 1.29 is 34.4 Å². The van der Waals surface area contributed by atoms with Crippen molar-refractivity contribution in [1.29, 1.82) is 0 Å². The lowest BCUT2D eigenvalue weighted by molar-refractivity contribution is -0.149. The number of hydrogen-bond acceptors (Lipinski definition) is 7. The van der Waals surface area contributed by atoms with Gasteiger partial charge in [-0.05, 0) is 6.92 Å². The number of rotatable bonds is 9. The number of Topliss-reactive ketones (excluding diaryl/α,β-unsaturated/α-hetero) is 1. The second-order valence-electron chi connectivity index (χ2n) is 3.59. The lowest BCUT2D eigenvalue weighted by atomic mass is 10.3. The number of ketones is 1. The van der Waals surface area contributed by atoms with Crippen molar-refractivity contribution in [1.82, 2.24) is 0 Å². The van der Waals surface area contributed by atoms with Crippen LogP contribution < -0.4 is 0 Å². The second kappa shape index (κ2) is 9.06. The zero-order chi connectivity index (χ0) is 13.3. The predicted molar refractivity (Wildman–Crippen MR) is 56.2 cm³/mol. The molecule has 0 aliphatic carbocycles. The Hall–Kier alpha value is -1.02. The van der Waals surface area contributed by atoms with Gasteiger partial charge in [0.05, 0.1) is 19.8 Å². The van der Waals surface area contributed by atoms with E-state index in [2.05, 4.69) is 4.74 Å². The van der Waals surface area contributed by atoms with Gasteiger partial charge in [-0.25, -0.2) is 0 Å². The first-order valence-corrected chi connectivity index (χ1v) is 5.15. The summed E-state index contributed by atoms with van der Waals surface area (Å²) in [6.07, 6.45) is -2.35. The Balaban J connectivity index is 3.55. The summed E-state index contributed by atoms with van der Waals surface area (Å²) in [7, 11) is 0. The predicted octanol–water partition coefficient (Wildman–Crippen LogP) is -1.76. The first kappa shape index (κ1) is 16.0. The van der Waals surface area contributed by atoms with E-state index in [1.807, 2.05) is 0 Å². The Kier molecular flexibility index (Phi) is 8.51. The largest absolute Gasteiger partial charge is 0.463 e. The van der Waals surface area contributed by atoms with Crippen LogP contribution in [0.4, 0.5) is 0 Å². The fraction of sp³-hybridized carbons (Fsp3) is 0.800. The second-order valence-corrected chi connectivity index (χ2v) is 3.59. The summed E-state index contributed by atoms with van der Waals surface area (Å²) in [5.41, 5.74) is 0. The van der Waals surface area contributed by atoms with Crippen molar-refractivity contribution in [3.63, 3.8) is 0 Å². The quantitative estimate of drug-likeness (QED) is 0.328. The van der Waals surface area contributed by atoms with Crippen molar-refractivity contribution in [2.24, 2.45) is 0 Å². The highest BCUT2D eigenvalue weighted by molar-refractivity contribution is 5.94. The average Bonchev–Trinajstić information content (AvgIpc) is 2.25. The van der Waals surface area contributed by atoms with E-state index in [-0.39, 0.29) is 32.0 Å². The summed E-state index contributed by atoms with van der Waals surface area (Å²) in [6.45, 7) is 0.307. The van der Waals surface area contributed by atoms with Crippen molar-refractivity contribution in [2.45, 2.75) is 25.6 Å². The van der Waals surface area contributed by atoms with Crippen LogP contribution in [-0.4, -0.2) is 65.7 Å². The molecule has 0 amide bonds. The van der Waals surface area contributed by atoms with Crippen LogP contribution in [0.25, 0.3) is 0 Å². The van der Waals surface area contributed by atoms with Gasteiger partial charge in [0, 0.05) is 0 Å². The molecule has 0 heterocycles. The number of ether oxygens (including phenoxy) is 2. The Morgan fingerprint density at radius 3 is 2.24 bits per heavy atom. The standard InChI is InChI=1S/C10H18O7/c1-7(12)2-10(15)17-6-9(14)5-16-4-8(13)3-11/h8-9,11,13-14H,2-6H2,1H3. The molecule has 0 aromatic rings. The molecule has 0 radical (unpaired) electrons. The van der Waals surface area contributed by atoms with Gasteiger partial charge in [0.2, 0.25) is 0 Å². The van der Waals surface area contributed by atoms with Gasteiger partial charge < -0.3 is 24.8 Å². The lowest BCUT2D eigenvalue weighted by Gasteiger charge is -2.13. The maximum atomic E-state index is 10.9. The van der Waals surface area contributed by atoms with Crippen LogP contribution in [0.2, 0.25) is 0 Å². The molecule has 0 aromatic heterocycles. The number of aliphatic hydroxyl groups excluding tert-OH is 3. The van der Waals surface area contributed by atoms with E-state index in [0.717, 1.165) is 0 Å². The fourth-order valence-corrected chi connectivity index (χ4v) is 0.884. The lowest BCUT2D eigenvalue weighted by Crippen LogP contribution is -2.27. The van der Waals surface area contributed by atoms with Crippen molar-refractivity contribution >= 4 is 11.8 Å². The molecule has 0 aliphatic rings. The molecule has 0 saturated carbocycles. The van der Waals surface area contributed by atoms with E-state index in [1.165, 1.54) is 6.92 Å². The zero-order valence-electron chi connectivity index (χ0n) is 9.66.